The molecule has 0 aromatic carbocycles. The zero-order valence-electron chi connectivity index (χ0n) is 13.2. The van der Waals surface area contributed by atoms with Crippen molar-refractivity contribution in [2.75, 3.05) is 31.6 Å². The van der Waals surface area contributed by atoms with Crippen LogP contribution in [0.25, 0.3) is 5.82 Å². The van der Waals surface area contributed by atoms with Crippen molar-refractivity contribution < 1.29 is 9.90 Å². The van der Waals surface area contributed by atoms with Crippen molar-refractivity contribution >= 4 is 23.5 Å². The summed E-state index contributed by atoms with van der Waals surface area (Å²) < 4.78 is 1.49. The molecule has 0 radical (unpaired) electrons. The van der Waals surface area contributed by atoms with Crippen LogP contribution in [0.4, 0.5) is 10.6 Å². The van der Waals surface area contributed by atoms with Gasteiger partial charge in [-0.3, -0.25) is 0 Å². The maximum absolute atomic E-state index is 11.0. The second-order valence-electron chi connectivity index (χ2n) is 5.77. The summed E-state index contributed by atoms with van der Waals surface area (Å²) in [5.41, 5.74) is 0. The number of aromatic nitrogens is 5. The first-order valence-corrected chi connectivity index (χ1v) is 7.98. The lowest BCUT2D eigenvalue weighted by Crippen LogP contribution is -2.40. The number of likely N-dealkylation sites (tertiary alicyclic amines) is 1. The minimum absolute atomic E-state index is 0.395. The molecule has 1 amide bonds. The van der Waals surface area contributed by atoms with Crippen molar-refractivity contribution in [3.63, 3.8) is 0 Å². The largest absolute Gasteiger partial charge is 0.465 e. The number of piperidine rings is 1. The Balaban J connectivity index is 1.69. The predicted molar refractivity (Wildman–Crippen MR) is 87.6 cm³/mol. The number of hydrogen-bond acceptors (Lipinski definition) is 6. The van der Waals surface area contributed by atoms with Crippen molar-refractivity contribution in [1.29, 1.82) is 0 Å². The van der Waals surface area contributed by atoms with Gasteiger partial charge in [0.2, 0.25) is 0 Å². The van der Waals surface area contributed by atoms with Crippen molar-refractivity contribution in [3.8, 4) is 5.82 Å². The zero-order chi connectivity index (χ0) is 17.1. The van der Waals surface area contributed by atoms with Crippen LogP contribution >= 0.6 is 11.6 Å². The second-order valence-corrected chi connectivity index (χ2v) is 6.15. The van der Waals surface area contributed by atoms with Gasteiger partial charge >= 0.3 is 6.09 Å². The van der Waals surface area contributed by atoms with Gasteiger partial charge in [-0.1, -0.05) is 11.6 Å². The van der Waals surface area contributed by atoms with Crippen LogP contribution in [0.2, 0.25) is 5.02 Å². The van der Waals surface area contributed by atoms with Crippen LogP contribution < -0.4 is 4.90 Å². The molecule has 128 valence electrons. The maximum atomic E-state index is 11.0. The summed E-state index contributed by atoms with van der Waals surface area (Å²) >= 11 is 6.44. The van der Waals surface area contributed by atoms with Crippen molar-refractivity contribution in [3.05, 3.63) is 24.0 Å². The first-order valence-electron chi connectivity index (χ1n) is 7.60. The van der Waals surface area contributed by atoms with E-state index in [1.807, 2.05) is 11.9 Å². The Kier molecular flexibility index (Phi) is 4.79. The molecule has 0 bridgehead atoms. The Bertz CT molecular complexity index is 701. The Labute approximate surface area is 143 Å². The molecular formula is C14H18ClN7O2. The van der Waals surface area contributed by atoms with E-state index in [1.165, 1.54) is 28.6 Å². The molecule has 24 heavy (non-hydrogen) atoms. The van der Waals surface area contributed by atoms with E-state index in [0.717, 1.165) is 19.4 Å². The molecule has 0 atom stereocenters. The van der Waals surface area contributed by atoms with Gasteiger partial charge in [0, 0.05) is 26.7 Å². The van der Waals surface area contributed by atoms with E-state index in [0.29, 0.717) is 35.7 Å². The van der Waals surface area contributed by atoms with Crippen molar-refractivity contribution in [1.82, 2.24) is 29.6 Å². The van der Waals surface area contributed by atoms with Crippen LogP contribution in [0.3, 0.4) is 0 Å². The smallest absolute Gasteiger partial charge is 0.407 e. The van der Waals surface area contributed by atoms with Gasteiger partial charge in [0.15, 0.2) is 11.6 Å². The average molecular weight is 352 g/mol. The van der Waals surface area contributed by atoms with Crippen LogP contribution in [0.1, 0.15) is 12.8 Å². The van der Waals surface area contributed by atoms with E-state index in [4.69, 9.17) is 16.7 Å². The van der Waals surface area contributed by atoms with E-state index in [9.17, 15) is 4.79 Å². The number of carboxylic acid groups (broad SMARTS) is 1. The number of nitrogens with zero attached hydrogens (tertiary/aromatic N) is 7. The molecule has 1 aliphatic rings. The highest BCUT2D eigenvalue weighted by Crippen LogP contribution is 2.28. The lowest BCUT2D eigenvalue weighted by molar-refractivity contribution is 0.125. The van der Waals surface area contributed by atoms with E-state index < -0.39 is 6.09 Å². The van der Waals surface area contributed by atoms with Gasteiger partial charge in [-0.2, -0.15) is 5.10 Å². The number of anilines is 1. The first kappa shape index (κ1) is 16.4. The minimum atomic E-state index is -0.849. The van der Waals surface area contributed by atoms with Gasteiger partial charge in [-0.25, -0.2) is 24.4 Å². The Morgan fingerprint density at radius 2 is 2.12 bits per heavy atom. The van der Waals surface area contributed by atoms with Crippen LogP contribution in [-0.4, -0.2) is 67.5 Å². The molecule has 0 saturated carbocycles. The SMILES string of the molecule is CN(CC1CCN(C(=O)O)CC1)c1ncnc(-n2cncn2)c1Cl. The third kappa shape index (κ3) is 3.40. The van der Waals surface area contributed by atoms with E-state index in [1.54, 1.807) is 0 Å². The molecule has 3 rings (SSSR count). The highest BCUT2D eigenvalue weighted by molar-refractivity contribution is 6.34. The number of carbonyl (C=O) groups is 1. The van der Waals surface area contributed by atoms with E-state index in [2.05, 4.69) is 20.1 Å². The fraction of sp³-hybridized carbons (Fsp3) is 0.500. The topological polar surface area (TPSA) is 100 Å². The van der Waals surface area contributed by atoms with Gasteiger partial charge in [0.1, 0.15) is 24.0 Å². The molecule has 3 heterocycles. The first-order chi connectivity index (χ1) is 11.6. The van der Waals surface area contributed by atoms with E-state index in [-0.39, 0.29) is 0 Å². The van der Waals surface area contributed by atoms with Gasteiger partial charge < -0.3 is 14.9 Å². The van der Waals surface area contributed by atoms with Gasteiger partial charge in [-0.15, -0.1) is 0 Å². The molecular weight excluding hydrogens is 334 g/mol. The number of rotatable bonds is 4. The highest BCUT2D eigenvalue weighted by Gasteiger charge is 2.24. The fourth-order valence-electron chi connectivity index (χ4n) is 2.88. The highest BCUT2D eigenvalue weighted by atomic mass is 35.5. The predicted octanol–water partition coefficient (Wildman–Crippen LogP) is 1.54. The van der Waals surface area contributed by atoms with Crippen molar-refractivity contribution in [2.24, 2.45) is 5.92 Å². The Hall–Kier alpha value is -2.42. The summed E-state index contributed by atoms with van der Waals surface area (Å²) in [5.74, 6) is 1.50. The quantitative estimate of drug-likeness (QED) is 0.891. The van der Waals surface area contributed by atoms with Gasteiger partial charge in [0.25, 0.3) is 0 Å². The van der Waals surface area contributed by atoms with Gasteiger partial charge in [-0.05, 0) is 18.8 Å². The molecule has 1 saturated heterocycles. The van der Waals surface area contributed by atoms with Crippen molar-refractivity contribution in [2.45, 2.75) is 12.8 Å². The monoisotopic (exact) mass is 351 g/mol. The average Bonchev–Trinajstić information content (AvgIpc) is 3.09. The van der Waals surface area contributed by atoms with Crippen LogP contribution in [0.5, 0.6) is 0 Å². The Morgan fingerprint density at radius 1 is 1.38 bits per heavy atom. The maximum Gasteiger partial charge on any atom is 0.407 e. The fourth-order valence-corrected chi connectivity index (χ4v) is 3.20. The summed E-state index contributed by atoms with van der Waals surface area (Å²) in [5, 5.41) is 13.5. The number of hydrogen-bond donors (Lipinski definition) is 1. The summed E-state index contributed by atoms with van der Waals surface area (Å²) in [6.45, 7) is 1.88. The lowest BCUT2D eigenvalue weighted by atomic mass is 9.96. The zero-order valence-corrected chi connectivity index (χ0v) is 14.0. The second kappa shape index (κ2) is 7.00. The third-order valence-corrected chi connectivity index (χ3v) is 4.51. The molecule has 0 aliphatic carbocycles. The molecule has 1 N–H and O–H groups in total. The molecule has 1 aliphatic heterocycles. The van der Waals surface area contributed by atoms with Crippen LogP contribution in [-0.2, 0) is 0 Å². The minimum Gasteiger partial charge on any atom is -0.465 e. The normalized spacial score (nSPS) is 15.5. The third-order valence-electron chi connectivity index (χ3n) is 4.17. The molecule has 2 aromatic heterocycles. The summed E-state index contributed by atoms with van der Waals surface area (Å²) in [6, 6.07) is 0. The summed E-state index contributed by atoms with van der Waals surface area (Å²) in [7, 11) is 1.92. The van der Waals surface area contributed by atoms with Crippen LogP contribution in [0.15, 0.2) is 19.0 Å². The Morgan fingerprint density at radius 3 is 2.75 bits per heavy atom. The summed E-state index contributed by atoms with van der Waals surface area (Å²) in [6.07, 6.45) is 5.20. The molecule has 10 heteroatoms. The standard InChI is InChI=1S/C14H18ClN7O2/c1-20(6-10-2-4-21(5-3-10)14(23)24)12-11(15)13(18-8-17-12)22-9-16-7-19-22/h7-10H,2-6H2,1H3,(H,23,24). The lowest BCUT2D eigenvalue weighted by Gasteiger charge is -2.32. The van der Waals surface area contributed by atoms with Crippen LogP contribution in [0, 0.1) is 5.92 Å². The number of halogens is 1. The van der Waals surface area contributed by atoms with Gasteiger partial charge in [0.05, 0.1) is 0 Å². The summed E-state index contributed by atoms with van der Waals surface area (Å²) in [4.78, 5) is 26.7. The van der Waals surface area contributed by atoms with E-state index >= 15 is 0 Å². The molecule has 9 nitrogen and oxygen atoms in total. The number of amides is 1. The molecule has 2 aromatic rings. The molecule has 0 spiro atoms. The molecule has 0 unspecified atom stereocenters. The molecule has 1 fully saturated rings.